The van der Waals surface area contributed by atoms with Gasteiger partial charge in [-0.25, -0.2) is 0 Å². The third-order valence-corrected chi connectivity index (χ3v) is 2.68. The summed E-state index contributed by atoms with van der Waals surface area (Å²) in [7, 11) is 3.09. The number of methoxy groups -OCH3 is 2. The lowest BCUT2D eigenvalue weighted by molar-refractivity contribution is 0.100. The summed E-state index contributed by atoms with van der Waals surface area (Å²) in [5.41, 5.74) is 6.55. The van der Waals surface area contributed by atoms with Gasteiger partial charge in [0.15, 0.2) is 5.76 Å². The smallest absolute Gasteiger partial charge is 0.230 e. The molecule has 0 aliphatic rings. The second-order valence-electron chi connectivity index (χ2n) is 3.98. The highest BCUT2D eigenvalue weighted by Crippen LogP contribution is 2.23. The Bertz CT molecular complexity index is 589. The van der Waals surface area contributed by atoms with E-state index in [2.05, 4.69) is 0 Å². The molecule has 0 saturated carbocycles. The summed E-state index contributed by atoms with van der Waals surface area (Å²) in [6.45, 7) is 0.320. The molecule has 1 aromatic carbocycles. The fourth-order valence-electron chi connectivity index (χ4n) is 1.71. The molecule has 0 fully saturated rings. The minimum Gasteiger partial charge on any atom is -0.497 e. The van der Waals surface area contributed by atoms with Crippen LogP contribution in [-0.2, 0) is 11.3 Å². The van der Waals surface area contributed by atoms with Crippen LogP contribution in [-0.4, -0.2) is 20.0 Å². The van der Waals surface area contributed by atoms with Gasteiger partial charge in [0.2, 0.25) is 5.78 Å². The van der Waals surface area contributed by atoms with Crippen LogP contribution >= 0.6 is 0 Å². The van der Waals surface area contributed by atoms with Gasteiger partial charge in [0, 0.05) is 12.8 Å². The Hall–Kier alpha value is -2.27. The van der Waals surface area contributed by atoms with E-state index in [0.717, 1.165) is 0 Å². The van der Waals surface area contributed by atoms with E-state index < -0.39 is 0 Å². The predicted molar refractivity (Wildman–Crippen MR) is 70.3 cm³/mol. The monoisotopic (exact) mass is 261 g/mol. The van der Waals surface area contributed by atoms with Crippen LogP contribution in [0.15, 0.2) is 34.7 Å². The maximum absolute atomic E-state index is 12.3. The van der Waals surface area contributed by atoms with E-state index in [-0.39, 0.29) is 11.5 Å². The van der Waals surface area contributed by atoms with E-state index in [1.54, 1.807) is 37.4 Å². The molecular weight excluding hydrogens is 246 g/mol. The molecule has 2 rings (SSSR count). The van der Waals surface area contributed by atoms with Crippen molar-refractivity contribution in [3.63, 3.8) is 0 Å². The summed E-state index contributed by atoms with van der Waals surface area (Å²) in [5, 5.41) is 0. The van der Waals surface area contributed by atoms with E-state index in [1.807, 2.05) is 0 Å². The van der Waals surface area contributed by atoms with Crippen molar-refractivity contribution in [2.75, 3.05) is 20.0 Å². The first-order valence-electron chi connectivity index (χ1n) is 5.71. The van der Waals surface area contributed by atoms with E-state index in [1.165, 1.54) is 7.11 Å². The number of furan rings is 1. The number of carbonyl (C=O) groups is 1. The Morgan fingerprint density at radius 2 is 2.05 bits per heavy atom. The molecule has 0 unspecified atom stereocenters. The van der Waals surface area contributed by atoms with Crippen LogP contribution in [0.4, 0.5) is 5.69 Å². The molecule has 1 heterocycles. The zero-order valence-electron chi connectivity index (χ0n) is 10.8. The first kappa shape index (κ1) is 13.2. The predicted octanol–water partition coefficient (Wildman–Crippen LogP) is 2.25. The number of hydrogen-bond acceptors (Lipinski definition) is 5. The molecule has 0 radical (unpaired) electrons. The van der Waals surface area contributed by atoms with Crippen molar-refractivity contribution in [2.24, 2.45) is 0 Å². The van der Waals surface area contributed by atoms with Gasteiger partial charge in [-0.1, -0.05) is 0 Å². The van der Waals surface area contributed by atoms with E-state index >= 15 is 0 Å². The van der Waals surface area contributed by atoms with E-state index in [9.17, 15) is 4.79 Å². The SMILES string of the molecule is COCc1ccc(C(=O)c2cc(OC)ccc2N)o1. The summed E-state index contributed by atoms with van der Waals surface area (Å²) >= 11 is 0. The van der Waals surface area contributed by atoms with Gasteiger partial charge < -0.3 is 19.6 Å². The Kier molecular flexibility index (Phi) is 3.87. The number of benzene rings is 1. The normalized spacial score (nSPS) is 10.4. The lowest BCUT2D eigenvalue weighted by atomic mass is 10.1. The number of rotatable bonds is 5. The molecule has 2 aromatic rings. The van der Waals surface area contributed by atoms with Gasteiger partial charge in [-0.2, -0.15) is 0 Å². The zero-order valence-corrected chi connectivity index (χ0v) is 10.8. The Morgan fingerprint density at radius 3 is 2.74 bits per heavy atom. The number of nitrogen functional groups attached to an aromatic ring is 1. The van der Waals surface area contributed by atoms with Crippen molar-refractivity contribution in [1.82, 2.24) is 0 Å². The van der Waals surface area contributed by atoms with Gasteiger partial charge in [-0.3, -0.25) is 4.79 Å². The molecule has 0 bridgehead atoms. The highest BCUT2D eigenvalue weighted by Gasteiger charge is 2.17. The molecule has 0 atom stereocenters. The quantitative estimate of drug-likeness (QED) is 0.660. The summed E-state index contributed by atoms with van der Waals surface area (Å²) in [6, 6.07) is 8.23. The van der Waals surface area contributed by atoms with Crippen molar-refractivity contribution < 1.29 is 18.7 Å². The third kappa shape index (κ3) is 2.77. The lowest BCUT2D eigenvalue weighted by Crippen LogP contribution is -2.04. The number of nitrogens with two attached hydrogens (primary N) is 1. The fourth-order valence-corrected chi connectivity index (χ4v) is 1.71. The second kappa shape index (κ2) is 5.58. The number of anilines is 1. The molecule has 5 nitrogen and oxygen atoms in total. The Morgan fingerprint density at radius 1 is 1.26 bits per heavy atom. The molecule has 0 saturated heterocycles. The van der Waals surface area contributed by atoms with Crippen LogP contribution in [0.2, 0.25) is 0 Å². The molecular formula is C14H15NO4. The van der Waals surface area contributed by atoms with Crippen molar-refractivity contribution in [3.05, 3.63) is 47.4 Å². The van der Waals surface area contributed by atoms with Gasteiger partial charge in [0.25, 0.3) is 0 Å². The summed E-state index contributed by atoms with van der Waals surface area (Å²) in [5.74, 6) is 1.11. The molecule has 19 heavy (non-hydrogen) atoms. The van der Waals surface area contributed by atoms with E-state index in [0.29, 0.717) is 29.4 Å². The largest absolute Gasteiger partial charge is 0.497 e. The topological polar surface area (TPSA) is 74.7 Å². The number of ketones is 1. The van der Waals surface area contributed by atoms with Crippen molar-refractivity contribution >= 4 is 11.5 Å². The van der Waals surface area contributed by atoms with Gasteiger partial charge >= 0.3 is 0 Å². The third-order valence-electron chi connectivity index (χ3n) is 2.68. The summed E-state index contributed by atoms with van der Waals surface area (Å²) in [4.78, 5) is 12.3. The Balaban J connectivity index is 2.32. The lowest BCUT2D eigenvalue weighted by Gasteiger charge is -2.05. The second-order valence-corrected chi connectivity index (χ2v) is 3.98. The molecule has 0 amide bonds. The van der Waals surface area contributed by atoms with Crippen LogP contribution in [0.1, 0.15) is 21.9 Å². The number of hydrogen-bond donors (Lipinski definition) is 1. The van der Waals surface area contributed by atoms with Crippen molar-refractivity contribution in [3.8, 4) is 5.75 Å². The number of ether oxygens (including phenoxy) is 2. The molecule has 2 N–H and O–H groups in total. The molecule has 0 aliphatic heterocycles. The number of carbonyl (C=O) groups excluding carboxylic acids is 1. The van der Waals surface area contributed by atoms with Gasteiger partial charge in [-0.05, 0) is 30.3 Å². The van der Waals surface area contributed by atoms with Gasteiger partial charge in [0.1, 0.15) is 18.1 Å². The highest BCUT2D eigenvalue weighted by molar-refractivity contribution is 6.10. The summed E-state index contributed by atoms with van der Waals surface area (Å²) < 4.78 is 15.4. The molecule has 100 valence electrons. The van der Waals surface area contributed by atoms with Crippen LogP contribution in [0.3, 0.4) is 0 Å². The molecule has 0 spiro atoms. The zero-order chi connectivity index (χ0) is 13.8. The van der Waals surface area contributed by atoms with Gasteiger partial charge in [-0.15, -0.1) is 0 Å². The first-order valence-corrected chi connectivity index (χ1v) is 5.71. The molecule has 1 aromatic heterocycles. The minimum atomic E-state index is -0.279. The van der Waals surface area contributed by atoms with Crippen LogP contribution < -0.4 is 10.5 Å². The molecule has 0 aliphatic carbocycles. The van der Waals surface area contributed by atoms with Crippen LogP contribution in [0.25, 0.3) is 0 Å². The van der Waals surface area contributed by atoms with Gasteiger partial charge in [0.05, 0.1) is 12.7 Å². The standard InChI is InChI=1S/C14H15NO4/c1-17-8-10-4-6-13(19-10)14(16)11-7-9(18-2)3-5-12(11)15/h3-7H,8,15H2,1-2H3. The Labute approximate surface area is 110 Å². The van der Waals surface area contributed by atoms with Crippen LogP contribution in [0.5, 0.6) is 5.75 Å². The average molecular weight is 261 g/mol. The maximum Gasteiger partial charge on any atom is 0.230 e. The van der Waals surface area contributed by atoms with Crippen LogP contribution in [0, 0.1) is 0 Å². The maximum atomic E-state index is 12.3. The van der Waals surface area contributed by atoms with E-state index in [4.69, 9.17) is 19.6 Å². The summed E-state index contributed by atoms with van der Waals surface area (Å²) in [6.07, 6.45) is 0. The van der Waals surface area contributed by atoms with Crippen molar-refractivity contribution in [1.29, 1.82) is 0 Å². The van der Waals surface area contributed by atoms with Crippen molar-refractivity contribution in [2.45, 2.75) is 6.61 Å². The minimum absolute atomic E-state index is 0.229. The fraction of sp³-hybridized carbons (Fsp3) is 0.214. The first-order chi connectivity index (χ1) is 9.15. The molecule has 5 heteroatoms. The highest BCUT2D eigenvalue weighted by atomic mass is 16.5. The average Bonchev–Trinajstić information content (AvgIpc) is 2.88.